The number of carbonyl (C=O) groups excluding carboxylic acids is 1. The zero-order valence-corrected chi connectivity index (χ0v) is 17.3. The van der Waals surface area contributed by atoms with E-state index in [2.05, 4.69) is 9.80 Å². The zero-order chi connectivity index (χ0) is 19.9. The lowest BCUT2D eigenvalue weighted by molar-refractivity contribution is -0.152. The van der Waals surface area contributed by atoms with Crippen LogP contribution in [0.15, 0.2) is 12.1 Å². The number of hydrogen-bond donors (Lipinski definition) is 1. The van der Waals surface area contributed by atoms with Crippen molar-refractivity contribution >= 4 is 17.5 Å². The number of likely N-dealkylation sites (tertiary alicyclic amines) is 2. The Balaban J connectivity index is 1.57. The molecule has 3 aliphatic rings. The van der Waals surface area contributed by atoms with E-state index in [4.69, 9.17) is 11.6 Å². The molecule has 1 unspecified atom stereocenters. The first-order valence-corrected chi connectivity index (χ1v) is 11.0. The summed E-state index contributed by atoms with van der Waals surface area (Å²) in [6.45, 7) is 3.73. The summed E-state index contributed by atoms with van der Waals surface area (Å²) < 4.78 is 14.7. The van der Waals surface area contributed by atoms with Gasteiger partial charge in [-0.15, -0.1) is 0 Å². The molecule has 1 aromatic rings. The molecule has 1 spiro atoms. The van der Waals surface area contributed by atoms with Crippen LogP contribution >= 0.6 is 11.6 Å². The average molecular weight is 409 g/mol. The molecule has 4 rings (SSSR count). The number of aryl methyl sites for hydroxylation is 1. The smallest absolute Gasteiger partial charge is 0.243 e. The number of benzene rings is 1. The maximum absolute atomic E-state index is 14.7. The van der Waals surface area contributed by atoms with Gasteiger partial charge in [-0.2, -0.15) is 0 Å². The molecule has 0 aromatic heterocycles. The van der Waals surface area contributed by atoms with E-state index in [1.54, 1.807) is 19.1 Å². The minimum absolute atomic E-state index is 0.210. The normalized spacial score (nSPS) is 31.7. The van der Waals surface area contributed by atoms with Crippen LogP contribution in [-0.2, 0) is 11.3 Å². The highest BCUT2D eigenvalue weighted by Gasteiger charge is 2.52. The van der Waals surface area contributed by atoms with E-state index in [9.17, 15) is 14.3 Å². The summed E-state index contributed by atoms with van der Waals surface area (Å²) in [6.07, 6.45) is 6.68. The number of aliphatic hydroxyl groups excluding tert-OH is 1. The number of piperidine rings is 1. The molecule has 2 saturated heterocycles. The van der Waals surface area contributed by atoms with Crippen LogP contribution in [0.3, 0.4) is 0 Å². The Morgan fingerprint density at radius 3 is 2.57 bits per heavy atom. The van der Waals surface area contributed by atoms with E-state index < -0.39 is 5.54 Å². The molecular formula is C22H30ClFN2O2. The van der Waals surface area contributed by atoms with Crippen LogP contribution < -0.4 is 0 Å². The van der Waals surface area contributed by atoms with Crippen LogP contribution in [0, 0.1) is 12.7 Å². The zero-order valence-electron chi connectivity index (χ0n) is 16.6. The summed E-state index contributed by atoms with van der Waals surface area (Å²) in [5.41, 5.74) is 0.576. The van der Waals surface area contributed by atoms with Gasteiger partial charge in [0.2, 0.25) is 5.91 Å². The molecule has 28 heavy (non-hydrogen) atoms. The van der Waals surface area contributed by atoms with Crippen molar-refractivity contribution in [3.63, 3.8) is 0 Å². The molecule has 1 saturated carbocycles. The second-order valence-corrected chi connectivity index (χ2v) is 9.19. The molecule has 1 aliphatic carbocycles. The Hall–Kier alpha value is -1.17. The molecule has 1 amide bonds. The molecule has 154 valence electrons. The van der Waals surface area contributed by atoms with E-state index >= 15 is 0 Å². The molecule has 1 aromatic carbocycles. The summed E-state index contributed by atoms with van der Waals surface area (Å²) in [5.74, 6) is -0.0437. The topological polar surface area (TPSA) is 43.8 Å². The van der Waals surface area contributed by atoms with Gasteiger partial charge in [-0.25, -0.2) is 4.39 Å². The molecule has 3 fully saturated rings. The quantitative estimate of drug-likeness (QED) is 0.820. The second-order valence-electron chi connectivity index (χ2n) is 8.78. The summed E-state index contributed by atoms with van der Waals surface area (Å²) in [5, 5.41) is 10.3. The van der Waals surface area contributed by atoms with Crippen molar-refractivity contribution in [3.05, 3.63) is 34.1 Å². The van der Waals surface area contributed by atoms with Gasteiger partial charge in [-0.05, 0) is 76.5 Å². The molecule has 2 aliphatic heterocycles. The van der Waals surface area contributed by atoms with Crippen LogP contribution in [-0.4, -0.2) is 51.6 Å². The van der Waals surface area contributed by atoms with Crippen molar-refractivity contribution in [2.75, 3.05) is 13.1 Å². The predicted octanol–water partition coefficient (Wildman–Crippen LogP) is 4.05. The Bertz CT molecular complexity index is 750. The van der Waals surface area contributed by atoms with Gasteiger partial charge in [-0.3, -0.25) is 9.69 Å². The Labute approximate surface area is 171 Å². The highest BCUT2D eigenvalue weighted by atomic mass is 35.5. The van der Waals surface area contributed by atoms with Gasteiger partial charge >= 0.3 is 0 Å². The molecule has 0 radical (unpaired) electrons. The predicted molar refractivity (Wildman–Crippen MR) is 108 cm³/mol. The van der Waals surface area contributed by atoms with Gasteiger partial charge in [0.1, 0.15) is 11.4 Å². The van der Waals surface area contributed by atoms with Crippen molar-refractivity contribution in [3.8, 4) is 0 Å². The summed E-state index contributed by atoms with van der Waals surface area (Å²) in [7, 11) is 0. The minimum atomic E-state index is -0.520. The van der Waals surface area contributed by atoms with Gasteiger partial charge in [0.15, 0.2) is 0 Å². The molecule has 0 bridgehead atoms. The molecule has 4 nitrogen and oxygen atoms in total. The number of carbonyl (C=O) groups is 1. The SMILES string of the molecule is Cc1ccc(Cl)c(CN2CCCC23CCCN(C2CCC(O)CC2)C3=O)c1F. The van der Waals surface area contributed by atoms with Gasteiger partial charge < -0.3 is 10.0 Å². The third-order valence-electron chi connectivity index (χ3n) is 7.11. The van der Waals surface area contributed by atoms with Crippen LogP contribution in [0.2, 0.25) is 5.02 Å². The first-order valence-electron chi connectivity index (χ1n) is 10.6. The van der Waals surface area contributed by atoms with Gasteiger partial charge in [-0.1, -0.05) is 17.7 Å². The minimum Gasteiger partial charge on any atom is -0.393 e. The first-order chi connectivity index (χ1) is 13.4. The van der Waals surface area contributed by atoms with Crippen molar-refractivity contribution in [1.29, 1.82) is 0 Å². The number of halogens is 2. The molecular weight excluding hydrogens is 379 g/mol. The Morgan fingerprint density at radius 1 is 1.18 bits per heavy atom. The third kappa shape index (κ3) is 3.46. The number of nitrogens with zero attached hydrogens (tertiary/aromatic N) is 2. The van der Waals surface area contributed by atoms with Crippen LogP contribution in [0.25, 0.3) is 0 Å². The molecule has 1 atom stereocenters. The number of rotatable bonds is 3. The highest BCUT2D eigenvalue weighted by Crippen LogP contribution is 2.42. The van der Waals surface area contributed by atoms with Crippen molar-refractivity contribution in [2.24, 2.45) is 0 Å². The summed E-state index contributed by atoms with van der Waals surface area (Å²) >= 11 is 6.32. The van der Waals surface area contributed by atoms with Crippen LogP contribution in [0.5, 0.6) is 0 Å². The van der Waals surface area contributed by atoms with Crippen molar-refractivity contribution < 1.29 is 14.3 Å². The average Bonchev–Trinajstić information content (AvgIpc) is 3.08. The lowest BCUT2D eigenvalue weighted by atomic mass is 9.82. The fraction of sp³-hybridized carbons (Fsp3) is 0.682. The van der Waals surface area contributed by atoms with Crippen molar-refractivity contribution in [1.82, 2.24) is 9.80 Å². The highest BCUT2D eigenvalue weighted by molar-refractivity contribution is 6.31. The van der Waals surface area contributed by atoms with Gasteiger partial charge in [0.25, 0.3) is 0 Å². The summed E-state index contributed by atoms with van der Waals surface area (Å²) in [6, 6.07) is 3.68. The maximum Gasteiger partial charge on any atom is 0.243 e. The van der Waals surface area contributed by atoms with E-state index in [1.165, 1.54) is 0 Å². The standard InChI is InChI=1S/C22H30ClFN2O2/c1-15-4-9-19(23)18(20(15)24)14-25-12-2-10-22(25)11-3-13-26(21(22)28)16-5-7-17(27)8-6-16/h4,9,16-17,27H,2-3,5-8,10-14H2,1H3. The van der Waals surface area contributed by atoms with E-state index in [1.807, 2.05) is 0 Å². The lowest BCUT2D eigenvalue weighted by Gasteiger charge is -2.48. The molecule has 6 heteroatoms. The van der Waals surface area contributed by atoms with E-state index in [0.29, 0.717) is 22.7 Å². The largest absolute Gasteiger partial charge is 0.393 e. The number of amides is 1. The van der Waals surface area contributed by atoms with E-state index in [0.717, 1.165) is 64.5 Å². The monoisotopic (exact) mass is 408 g/mol. The number of aliphatic hydroxyl groups is 1. The molecule has 1 N–H and O–H groups in total. The fourth-order valence-electron chi connectivity index (χ4n) is 5.48. The maximum atomic E-state index is 14.7. The number of hydrogen-bond acceptors (Lipinski definition) is 3. The lowest BCUT2D eigenvalue weighted by Crippen LogP contribution is -2.62. The Kier molecular flexibility index (Phi) is 5.69. The summed E-state index contributed by atoms with van der Waals surface area (Å²) in [4.78, 5) is 17.9. The van der Waals surface area contributed by atoms with Gasteiger partial charge in [0.05, 0.1) is 6.10 Å². The van der Waals surface area contributed by atoms with Crippen molar-refractivity contribution in [2.45, 2.75) is 82.5 Å². The molecule has 2 heterocycles. The van der Waals surface area contributed by atoms with Crippen LogP contribution in [0.1, 0.15) is 62.5 Å². The van der Waals surface area contributed by atoms with Crippen LogP contribution in [0.4, 0.5) is 4.39 Å². The Morgan fingerprint density at radius 2 is 1.86 bits per heavy atom. The van der Waals surface area contributed by atoms with Gasteiger partial charge in [0, 0.05) is 29.7 Å². The first kappa shape index (κ1) is 20.1. The fourth-order valence-corrected chi connectivity index (χ4v) is 5.68. The third-order valence-corrected chi connectivity index (χ3v) is 7.46. The van der Waals surface area contributed by atoms with E-state index in [-0.39, 0.29) is 23.9 Å². The second kappa shape index (κ2) is 7.92.